The predicted octanol–water partition coefficient (Wildman–Crippen LogP) is 5.30. The average molecular weight is 260 g/mol. The largest absolute Gasteiger partial charge is 0.0739 e. The second-order valence-electron chi connectivity index (χ2n) is 5.88. The molecule has 1 aliphatic rings. The van der Waals surface area contributed by atoms with E-state index in [9.17, 15) is 0 Å². The molecule has 0 fully saturated rings. The van der Waals surface area contributed by atoms with Gasteiger partial charge in [-0.15, -0.1) is 0 Å². The molecule has 0 heterocycles. The highest BCUT2D eigenvalue weighted by Gasteiger charge is 2.26. The van der Waals surface area contributed by atoms with Crippen LogP contribution in [0.3, 0.4) is 0 Å². The molecule has 0 bridgehead atoms. The first kappa shape index (κ1) is 12.9. The topological polar surface area (TPSA) is 0 Å². The first-order valence-electron chi connectivity index (χ1n) is 7.18. The van der Waals surface area contributed by atoms with Gasteiger partial charge >= 0.3 is 0 Å². The van der Waals surface area contributed by atoms with E-state index >= 15 is 0 Å². The summed E-state index contributed by atoms with van der Waals surface area (Å²) in [6.45, 7) is 4.45. The number of aryl methyl sites for hydroxylation is 1. The smallest absolute Gasteiger partial charge is 0.0147 e. The molecule has 0 aliphatic heterocycles. The van der Waals surface area contributed by atoms with Crippen molar-refractivity contribution in [3.05, 3.63) is 89.5 Å². The van der Waals surface area contributed by atoms with Crippen molar-refractivity contribution in [1.29, 1.82) is 0 Å². The summed E-state index contributed by atoms with van der Waals surface area (Å²) in [6, 6.07) is 19.6. The molecule has 0 N–H and O–H groups in total. The lowest BCUT2D eigenvalue weighted by Crippen LogP contribution is -2.21. The Bertz CT molecular complexity index is 644. The third kappa shape index (κ3) is 2.46. The molecule has 0 heteroatoms. The molecule has 0 radical (unpaired) electrons. The van der Waals surface area contributed by atoms with Gasteiger partial charge in [0.1, 0.15) is 0 Å². The normalized spacial score (nSPS) is 21.6. The molecular formula is C20H20. The first-order chi connectivity index (χ1) is 9.67. The number of hydrogen-bond acceptors (Lipinski definition) is 0. The van der Waals surface area contributed by atoms with Gasteiger partial charge in [-0.2, -0.15) is 0 Å². The van der Waals surface area contributed by atoms with E-state index in [-0.39, 0.29) is 5.41 Å². The zero-order valence-corrected chi connectivity index (χ0v) is 12.1. The Morgan fingerprint density at radius 3 is 2.30 bits per heavy atom. The van der Waals surface area contributed by atoms with E-state index in [4.69, 9.17) is 0 Å². The van der Waals surface area contributed by atoms with Crippen molar-refractivity contribution in [1.82, 2.24) is 0 Å². The summed E-state index contributed by atoms with van der Waals surface area (Å²) < 4.78 is 0. The van der Waals surface area contributed by atoms with Crippen molar-refractivity contribution >= 4 is 5.57 Å². The summed E-state index contributed by atoms with van der Waals surface area (Å²) in [5, 5.41) is 0. The summed E-state index contributed by atoms with van der Waals surface area (Å²) in [4.78, 5) is 0. The van der Waals surface area contributed by atoms with E-state index in [1.807, 2.05) is 0 Å². The number of benzene rings is 2. The van der Waals surface area contributed by atoms with Gasteiger partial charge in [0.05, 0.1) is 0 Å². The molecule has 100 valence electrons. The highest BCUT2D eigenvalue weighted by Crippen LogP contribution is 2.38. The second kappa shape index (κ2) is 5.13. The van der Waals surface area contributed by atoms with Crippen molar-refractivity contribution in [3.8, 4) is 0 Å². The van der Waals surface area contributed by atoms with Crippen LogP contribution in [0.2, 0.25) is 0 Å². The lowest BCUT2D eigenvalue weighted by molar-refractivity contribution is 0.609. The monoisotopic (exact) mass is 260 g/mol. The van der Waals surface area contributed by atoms with Gasteiger partial charge in [0, 0.05) is 5.41 Å². The SMILES string of the molecule is Cc1ccc(C2=CC=CC(C)(c3ccccc3)C2)cc1. The zero-order chi connectivity index (χ0) is 14.0. The molecule has 0 amide bonds. The molecule has 1 atom stereocenters. The van der Waals surface area contributed by atoms with Crippen LogP contribution in [0.25, 0.3) is 5.57 Å². The van der Waals surface area contributed by atoms with E-state index in [2.05, 4.69) is 86.7 Å². The van der Waals surface area contributed by atoms with Crippen molar-refractivity contribution in [2.45, 2.75) is 25.7 Å². The maximum absolute atomic E-state index is 2.32. The molecule has 1 aliphatic carbocycles. The molecule has 0 aromatic heterocycles. The van der Waals surface area contributed by atoms with Crippen LogP contribution in [0.15, 0.2) is 72.8 Å². The summed E-state index contributed by atoms with van der Waals surface area (Å²) in [7, 11) is 0. The van der Waals surface area contributed by atoms with Gasteiger partial charge < -0.3 is 0 Å². The van der Waals surface area contributed by atoms with Crippen molar-refractivity contribution < 1.29 is 0 Å². The van der Waals surface area contributed by atoms with E-state index in [1.165, 1.54) is 22.3 Å². The summed E-state index contributed by atoms with van der Waals surface area (Å²) >= 11 is 0. The molecular weight excluding hydrogens is 240 g/mol. The highest BCUT2D eigenvalue weighted by atomic mass is 14.3. The number of rotatable bonds is 2. The van der Waals surface area contributed by atoms with Crippen LogP contribution >= 0.6 is 0 Å². The van der Waals surface area contributed by atoms with Crippen molar-refractivity contribution in [3.63, 3.8) is 0 Å². The molecule has 0 spiro atoms. The van der Waals surface area contributed by atoms with E-state index < -0.39 is 0 Å². The van der Waals surface area contributed by atoms with Gasteiger partial charge in [0.2, 0.25) is 0 Å². The van der Waals surface area contributed by atoms with E-state index in [0.717, 1.165) is 6.42 Å². The third-order valence-electron chi connectivity index (χ3n) is 4.17. The summed E-state index contributed by atoms with van der Waals surface area (Å²) in [6.07, 6.45) is 7.82. The molecule has 0 nitrogen and oxygen atoms in total. The maximum atomic E-state index is 2.32. The fraction of sp³-hybridized carbons (Fsp3) is 0.200. The van der Waals surface area contributed by atoms with Crippen LogP contribution in [0, 0.1) is 6.92 Å². The Morgan fingerprint density at radius 1 is 0.900 bits per heavy atom. The van der Waals surface area contributed by atoms with Gasteiger partial charge in [-0.25, -0.2) is 0 Å². The molecule has 20 heavy (non-hydrogen) atoms. The van der Waals surface area contributed by atoms with Crippen LogP contribution in [0.4, 0.5) is 0 Å². The lowest BCUT2D eigenvalue weighted by atomic mass is 9.73. The third-order valence-corrected chi connectivity index (χ3v) is 4.17. The molecule has 2 aromatic rings. The quantitative estimate of drug-likeness (QED) is 0.687. The van der Waals surface area contributed by atoms with Gasteiger partial charge in [-0.3, -0.25) is 0 Å². The van der Waals surface area contributed by atoms with Crippen LogP contribution in [0.5, 0.6) is 0 Å². The summed E-state index contributed by atoms with van der Waals surface area (Å²) in [5.41, 5.74) is 5.54. The standard InChI is InChI=1S/C20H20/c1-16-10-12-17(13-11-16)18-7-6-14-20(2,15-18)19-8-4-3-5-9-19/h3-14H,15H2,1-2H3. The summed E-state index contributed by atoms with van der Waals surface area (Å²) in [5.74, 6) is 0. The number of hydrogen-bond donors (Lipinski definition) is 0. The van der Waals surface area contributed by atoms with E-state index in [0.29, 0.717) is 0 Å². The zero-order valence-electron chi connectivity index (χ0n) is 12.1. The molecule has 2 aromatic carbocycles. The first-order valence-corrected chi connectivity index (χ1v) is 7.18. The van der Waals surface area contributed by atoms with Gasteiger partial charge in [-0.1, -0.05) is 85.3 Å². The Labute approximate surface area is 121 Å². The minimum Gasteiger partial charge on any atom is -0.0739 e. The van der Waals surface area contributed by atoms with Gasteiger partial charge in [-0.05, 0) is 30.0 Å². The van der Waals surface area contributed by atoms with Gasteiger partial charge in [0.25, 0.3) is 0 Å². The lowest BCUT2D eigenvalue weighted by Gasteiger charge is -2.30. The number of allylic oxidation sites excluding steroid dienone is 4. The van der Waals surface area contributed by atoms with Crippen LogP contribution < -0.4 is 0 Å². The minimum absolute atomic E-state index is 0.0935. The van der Waals surface area contributed by atoms with Crippen LogP contribution in [0.1, 0.15) is 30.0 Å². The molecule has 0 saturated heterocycles. The van der Waals surface area contributed by atoms with Gasteiger partial charge in [0.15, 0.2) is 0 Å². The van der Waals surface area contributed by atoms with E-state index in [1.54, 1.807) is 0 Å². The maximum Gasteiger partial charge on any atom is 0.0147 e. The molecule has 3 rings (SSSR count). The molecule has 1 unspecified atom stereocenters. The highest BCUT2D eigenvalue weighted by molar-refractivity contribution is 5.70. The predicted molar refractivity (Wildman–Crippen MR) is 86.7 cm³/mol. The van der Waals surface area contributed by atoms with Crippen LogP contribution in [-0.4, -0.2) is 0 Å². The Hall–Kier alpha value is -2.08. The Kier molecular flexibility index (Phi) is 3.31. The average Bonchev–Trinajstić information content (AvgIpc) is 2.49. The van der Waals surface area contributed by atoms with Crippen molar-refractivity contribution in [2.24, 2.45) is 0 Å². The Balaban J connectivity index is 1.92. The Morgan fingerprint density at radius 2 is 1.60 bits per heavy atom. The van der Waals surface area contributed by atoms with Crippen molar-refractivity contribution in [2.75, 3.05) is 0 Å². The fourth-order valence-corrected chi connectivity index (χ4v) is 2.87. The fourth-order valence-electron chi connectivity index (χ4n) is 2.87. The van der Waals surface area contributed by atoms with Crippen LogP contribution in [-0.2, 0) is 5.41 Å². The minimum atomic E-state index is 0.0935. The second-order valence-corrected chi connectivity index (χ2v) is 5.88. The molecule has 0 saturated carbocycles.